The van der Waals surface area contributed by atoms with E-state index in [2.05, 4.69) is 34.5 Å². The van der Waals surface area contributed by atoms with Crippen LogP contribution >= 0.6 is 0 Å². The second-order valence-corrected chi connectivity index (χ2v) is 5.36. The first-order valence-corrected chi connectivity index (χ1v) is 7.39. The number of rotatable bonds is 8. The maximum absolute atomic E-state index is 8.79. The molecule has 4 N–H and O–H groups in total. The van der Waals surface area contributed by atoms with E-state index in [0.29, 0.717) is 0 Å². The van der Waals surface area contributed by atoms with Crippen molar-refractivity contribution < 1.29 is 5.11 Å². The molecule has 0 saturated carbocycles. The molecule has 0 aliphatic carbocycles. The molecule has 1 aromatic heterocycles. The standard InChI is InChI=1S/C16H24N4O/c1-20(9-5-2-6-10-21)12-14-11-13-7-3-4-8-15(13)18-16(14)19-17/h3-4,7-8,11,21H,2,5-6,9-10,12,17H2,1H3,(H,18,19). The number of pyridine rings is 1. The van der Waals surface area contributed by atoms with Crippen molar-refractivity contribution in [1.82, 2.24) is 9.88 Å². The zero-order valence-corrected chi connectivity index (χ0v) is 12.5. The molecule has 0 saturated heterocycles. The molecule has 0 unspecified atom stereocenters. The summed E-state index contributed by atoms with van der Waals surface area (Å²) in [7, 11) is 2.09. The smallest absolute Gasteiger partial charge is 0.145 e. The number of hydrogen-bond donors (Lipinski definition) is 3. The van der Waals surface area contributed by atoms with E-state index in [1.807, 2.05) is 18.2 Å². The van der Waals surface area contributed by atoms with E-state index in [1.165, 1.54) is 0 Å². The van der Waals surface area contributed by atoms with Gasteiger partial charge in [0.2, 0.25) is 0 Å². The van der Waals surface area contributed by atoms with Crippen molar-refractivity contribution in [2.75, 3.05) is 25.6 Å². The van der Waals surface area contributed by atoms with Crippen LogP contribution in [0.2, 0.25) is 0 Å². The fourth-order valence-electron chi connectivity index (χ4n) is 2.45. The van der Waals surface area contributed by atoms with Crippen LogP contribution in [-0.4, -0.2) is 35.2 Å². The Bertz CT molecular complexity index is 573. The van der Waals surface area contributed by atoms with Crippen LogP contribution in [0.5, 0.6) is 0 Å². The topological polar surface area (TPSA) is 74.4 Å². The van der Waals surface area contributed by atoms with Crippen molar-refractivity contribution in [2.45, 2.75) is 25.8 Å². The van der Waals surface area contributed by atoms with Crippen molar-refractivity contribution in [3.05, 3.63) is 35.9 Å². The number of para-hydroxylation sites is 1. The number of aliphatic hydroxyl groups excluding tert-OH is 1. The van der Waals surface area contributed by atoms with E-state index < -0.39 is 0 Å². The SMILES string of the molecule is CN(CCCCCO)Cc1cc2ccccc2nc1NN. The van der Waals surface area contributed by atoms with Gasteiger partial charge >= 0.3 is 0 Å². The van der Waals surface area contributed by atoms with Crippen LogP contribution in [0.4, 0.5) is 5.82 Å². The van der Waals surface area contributed by atoms with Gasteiger partial charge in [-0.05, 0) is 45.0 Å². The number of benzene rings is 1. The Kier molecular flexibility index (Phi) is 5.92. The van der Waals surface area contributed by atoms with Crippen LogP contribution in [0.25, 0.3) is 10.9 Å². The Morgan fingerprint density at radius 3 is 2.81 bits per heavy atom. The lowest BCUT2D eigenvalue weighted by molar-refractivity contribution is 0.271. The number of hydrogen-bond acceptors (Lipinski definition) is 5. The lowest BCUT2D eigenvalue weighted by Crippen LogP contribution is -2.21. The van der Waals surface area contributed by atoms with Gasteiger partial charge in [-0.15, -0.1) is 0 Å². The molecule has 2 rings (SSSR count). The number of aliphatic hydroxyl groups is 1. The first kappa shape index (κ1) is 15.7. The van der Waals surface area contributed by atoms with Crippen LogP contribution in [0.15, 0.2) is 30.3 Å². The number of nitrogens with one attached hydrogen (secondary N) is 1. The fraction of sp³-hybridized carbons (Fsp3) is 0.438. The van der Waals surface area contributed by atoms with Crippen LogP contribution in [0, 0.1) is 0 Å². The average Bonchev–Trinajstić information content (AvgIpc) is 2.51. The summed E-state index contributed by atoms with van der Waals surface area (Å²) in [5.41, 5.74) is 4.74. The van der Waals surface area contributed by atoms with Crippen LogP contribution < -0.4 is 11.3 Å². The molecule has 0 radical (unpaired) electrons. The lowest BCUT2D eigenvalue weighted by Gasteiger charge is -2.18. The summed E-state index contributed by atoms with van der Waals surface area (Å²) in [5.74, 6) is 6.33. The van der Waals surface area contributed by atoms with Gasteiger partial charge in [0, 0.05) is 24.1 Å². The van der Waals surface area contributed by atoms with Crippen LogP contribution in [0.1, 0.15) is 24.8 Å². The Labute approximate surface area is 125 Å². The van der Waals surface area contributed by atoms with Crippen molar-refractivity contribution in [1.29, 1.82) is 0 Å². The summed E-state index contributed by atoms with van der Waals surface area (Å²) in [6.45, 7) is 2.08. The highest BCUT2D eigenvalue weighted by molar-refractivity contribution is 5.81. The number of unbranched alkanes of at least 4 members (excludes halogenated alkanes) is 2. The highest BCUT2D eigenvalue weighted by Gasteiger charge is 2.08. The van der Waals surface area contributed by atoms with E-state index in [0.717, 1.165) is 54.6 Å². The monoisotopic (exact) mass is 288 g/mol. The van der Waals surface area contributed by atoms with Gasteiger partial charge in [-0.3, -0.25) is 0 Å². The molecule has 0 spiro atoms. The molecular weight excluding hydrogens is 264 g/mol. The zero-order chi connectivity index (χ0) is 15.1. The summed E-state index contributed by atoms with van der Waals surface area (Å²) in [4.78, 5) is 6.81. The number of fused-ring (bicyclic) bond motifs is 1. The number of aromatic nitrogens is 1. The maximum atomic E-state index is 8.79. The number of nitrogen functional groups attached to an aromatic ring is 1. The Morgan fingerprint density at radius 2 is 2.05 bits per heavy atom. The van der Waals surface area contributed by atoms with E-state index in [1.54, 1.807) is 0 Å². The van der Waals surface area contributed by atoms with E-state index in [4.69, 9.17) is 10.9 Å². The number of anilines is 1. The second kappa shape index (κ2) is 7.93. The molecular formula is C16H24N4O. The third-order valence-corrected chi connectivity index (χ3v) is 3.58. The first-order valence-electron chi connectivity index (χ1n) is 7.39. The summed E-state index contributed by atoms with van der Waals surface area (Å²) < 4.78 is 0. The molecule has 0 amide bonds. The number of nitrogens with zero attached hydrogens (tertiary/aromatic N) is 2. The predicted octanol–water partition coefficient (Wildman–Crippen LogP) is 2.11. The maximum Gasteiger partial charge on any atom is 0.145 e. The minimum absolute atomic E-state index is 0.277. The summed E-state index contributed by atoms with van der Waals surface area (Å²) >= 11 is 0. The average molecular weight is 288 g/mol. The van der Waals surface area contributed by atoms with E-state index in [-0.39, 0.29) is 6.61 Å². The number of nitrogens with two attached hydrogens (primary N) is 1. The molecule has 0 aliphatic rings. The third kappa shape index (κ3) is 4.39. The molecule has 0 bridgehead atoms. The minimum atomic E-state index is 0.277. The van der Waals surface area contributed by atoms with Crippen molar-refractivity contribution in [3.8, 4) is 0 Å². The first-order chi connectivity index (χ1) is 10.2. The summed E-state index contributed by atoms with van der Waals surface area (Å²) in [6, 6.07) is 10.2. The molecule has 1 heterocycles. The molecule has 0 fully saturated rings. The lowest BCUT2D eigenvalue weighted by atomic mass is 10.1. The molecule has 2 aromatic rings. The Balaban J connectivity index is 2.06. The molecule has 5 heteroatoms. The van der Waals surface area contributed by atoms with Gasteiger partial charge in [0.1, 0.15) is 5.82 Å². The van der Waals surface area contributed by atoms with Crippen molar-refractivity contribution >= 4 is 16.7 Å². The fourth-order valence-corrected chi connectivity index (χ4v) is 2.45. The van der Waals surface area contributed by atoms with Gasteiger partial charge < -0.3 is 15.4 Å². The minimum Gasteiger partial charge on any atom is -0.396 e. The van der Waals surface area contributed by atoms with E-state index >= 15 is 0 Å². The zero-order valence-electron chi connectivity index (χ0n) is 12.5. The van der Waals surface area contributed by atoms with Gasteiger partial charge in [0.25, 0.3) is 0 Å². The molecule has 5 nitrogen and oxygen atoms in total. The summed E-state index contributed by atoms with van der Waals surface area (Å²) in [5, 5.41) is 9.92. The summed E-state index contributed by atoms with van der Waals surface area (Å²) in [6.07, 6.45) is 3.02. The molecule has 21 heavy (non-hydrogen) atoms. The Hall–Kier alpha value is -1.69. The van der Waals surface area contributed by atoms with Crippen molar-refractivity contribution in [3.63, 3.8) is 0 Å². The normalized spacial score (nSPS) is 11.2. The van der Waals surface area contributed by atoms with Gasteiger partial charge in [-0.2, -0.15) is 0 Å². The van der Waals surface area contributed by atoms with E-state index in [9.17, 15) is 0 Å². The quantitative estimate of drug-likeness (QED) is 0.394. The molecule has 0 atom stereocenters. The van der Waals surface area contributed by atoms with Gasteiger partial charge in [0.05, 0.1) is 5.52 Å². The van der Waals surface area contributed by atoms with Crippen molar-refractivity contribution in [2.24, 2.45) is 5.84 Å². The van der Waals surface area contributed by atoms with Gasteiger partial charge in [-0.1, -0.05) is 18.2 Å². The third-order valence-electron chi connectivity index (χ3n) is 3.58. The molecule has 114 valence electrons. The highest BCUT2D eigenvalue weighted by Crippen LogP contribution is 2.21. The van der Waals surface area contributed by atoms with Gasteiger partial charge in [-0.25, -0.2) is 10.8 Å². The highest BCUT2D eigenvalue weighted by atomic mass is 16.2. The Morgan fingerprint density at radius 1 is 1.24 bits per heavy atom. The largest absolute Gasteiger partial charge is 0.396 e. The van der Waals surface area contributed by atoms with Crippen LogP contribution in [0.3, 0.4) is 0 Å². The predicted molar refractivity (Wildman–Crippen MR) is 86.8 cm³/mol. The molecule has 0 aliphatic heterocycles. The molecule has 1 aromatic carbocycles. The number of hydrazine groups is 1. The second-order valence-electron chi connectivity index (χ2n) is 5.36. The van der Waals surface area contributed by atoms with Gasteiger partial charge in [0.15, 0.2) is 0 Å². The van der Waals surface area contributed by atoms with Crippen LogP contribution in [-0.2, 0) is 6.54 Å².